The van der Waals surface area contributed by atoms with E-state index >= 15 is 0 Å². The topological polar surface area (TPSA) is 75.4 Å². The van der Waals surface area contributed by atoms with Gasteiger partial charge in [-0.15, -0.1) is 12.4 Å². The molecule has 0 amide bonds. The smallest absolute Gasteiger partial charge is 0.270 e. The number of nitrogens with zero attached hydrogens (tertiary/aromatic N) is 1. The number of non-ortho nitro benzene ring substituents is 1. The lowest BCUT2D eigenvalue weighted by Gasteiger charge is -2.08. The fourth-order valence-electron chi connectivity index (χ4n) is 1.32. The molecule has 0 aliphatic rings. The summed E-state index contributed by atoms with van der Waals surface area (Å²) in [6.45, 7) is 5.38. The monoisotopic (exact) mass is 260 g/mol. The van der Waals surface area contributed by atoms with E-state index in [9.17, 15) is 15.2 Å². The first kappa shape index (κ1) is 15.7. The Labute approximate surface area is 106 Å². The molecule has 6 heteroatoms. The van der Waals surface area contributed by atoms with Crippen LogP contribution in [0.5, 0.6) is 5.75 Å². The summed E-state index contributed by atoms with van der Waals surface area (Å²) in [5, 5.41) is 23.2. The second-order valence-electron chi connectivity index (χ2n) is 4.09. The maximum atomic E-state index is 10.5. The lowest BCUT2D eigenvalue weighted by molar-refractivity contribution is -0.384. The quantitative estimate of drug-likeness (QED) is 0.630. The molecule has 0 aliphatic carbocycles. The fourth-order valence-corrected chi connectivity index (χ4v) is 1.32. The van der Waals surface area contributed by atoms with Gasteiger partial charge in [-0.2, -0.15) is 0 Å². The maximum absolute atomic E-state index is 10.5. The van der Waals surface area contributed by atoms with Crippen LogP contribution >= 0.6 is 12.4 Å². The number of hydrogen-bond acceptors (Lipinski definition) is 4. The highest BCUT2D eigenvalue weighted by molar-refractivity contribution is 5.85. The van der Waals surface area contributed by atoms with Crippen molar-refractivity contribution < 1.29 is 10.0 Å². The lowest BCUT2D eigenvalue weighted by Crippen LogP contribution is -2.19. The Kier molecular flexibility index (Phi) is 6.53. The molecule has 17 heavy (non-hydrogen) atoms. The van der Waals surface area contributed by atoms with Crippen LogP contribution in [0.3, 0.4) is 0 Å². The van der Waals surface area contributed by atoms with Crippen LogP contribution < -0.4 is 5.32 Å². The van der Waals surface area contributed by atoms with Crippen LogP contribution in [-0.4, -0.2) is 16.6 Å². The van der Waals surface area contributed by atoms with Crippen LogP contribution in [0.1, 0.15) is 19.4 Å². The fraction of sp³-hybridized carbons (Fsp3) is 0.455. The lowest BCUT2D eigenvalue weighted by atomic mass is 10.1. The number of phenols is 1. The van der Waals surface area contributed by atoms with Gasteiger partial charge in [0.2, 0.25) is 0 Å². The van der Waals surface area contributed by atoms with Crippen molar-refractivity contribution in [3.63, 3.8) is 0 Å². The average Bonchev–Trinajstić information content (AvgIpc) is 2.20. The van der Waals surface area contributed by atoms with E-state index in [1.807, 2.05) is 0 Å². The second kappa shape index (κ2) is 7.09. The van der Waals surface area contributed by atoms with Gasteiger partial charge in [-0.05, 0) is 18.5 Å². The van der Waals surface area contributed by atoms with Crippen LogP contribution in [0.2, 0.25) is 0 Å². The minimum atomic E-state index is -0.467. The molecule has 0 fully saturated rings. The molecule has 0 aromatic heterocycles. The Balaban J connectivity index is 0.00000256. The predicted molar refractivity (Wildman–Crippen MR) is 68.6 cm³/mol. The molecule has 0 spiro atoms. The number of rotatable bonds is 5. The molecule has 0 bridgehead atoms. The largest absolute Gasteiger partial charge is 0.508 e. The SMILES string of the molecule is CC(C)CNCc1cc([N+](=O)[O-])ccc1O.Cl. The zero-order valence-electron chi connectivity index (χ0n) is 9.84. The molecule has 0 aliphatic heterocycles. The number of halogens is 1. The summed E-state index contributed by atoms with van der Waals surface area (Å²) < 4.78 is 0. The van der Waals surface area contributed by atoms with Crippen molar-refractivity contribution in [2.75, 3.05) is 6.54 Å². The zero-order chi connectivity index (χ0) is 12.1. The molecule has 0 heterocycles. The van der Waals surface area contributed by atoms with Crippen molar-refractivity contribution >= 4 is 18.1 Å². The number of benzene rings is 1. The van der Waals surface area contributed by atoms with Gasteiger partial charge < -0.3 is 10.4 Å². The highest BCUT2D eigenvalue weighted by Gasteiger charge is 2.09. The Morgan fingerprint density at radius 1 is 1.47 bits per heavy atom. The van der Waals surface area contributed by atoms with E-state index < -0.39 is 4.92 Å². The Hall–Kier alpha value is -1.33. The zero-order valence-corrected chi connectivity index (χ0v) is 10.7. The van der Waals surface area contributed by atoms with E-state index in [0.717, 1.165) is 6.54 Å². The summed E-state index contributed by atoms with van der Waals surface area (Å²) in [5.41, 5.74) is 0.550. The first-order valence-electron chi connectivity index (χ1n) is 5.17. The van der Waals surface area contributed by atoms with Crippen LogP contribution in [-0.2, 0) is 6.54 Å². The molecular formula is C11H17ClN2O3. The number of hydrogen-bond donors (Lipinski definition) is 2. The number of nitro benzene ring substituents is 1. The van der Waals surface area contributed by atoms with Gasteiger partial charge in [0.25, 0.3) is 5.69 Å². The van der Waals surface area contributed by atoms with Crippen molar-refractivity contribution in [1.29, 1.82) is 0 Å². The van der Waals surface area contributed by atoms with Crippen LogP contribution in [0, 0.1) is 16.0 Å². The minimum Gasteiger partial charge on any atom is -0.508 e. The molecule has 0 unspecified atom stereocenters. The number of nitrogens with one attached hydrogen (secondary N) is 1. The van der Waals surface area contributed by atoms with Gasteiger partial charge >= 0.3 is 0 Å². The van der Waals surface area contributed by atoms with E-state index in [-0.39, 0.29) is 23.8 Å². The summed E-state index contributed by atoms with van der Waals surface area (Å²) in [6.07, 6.45) is 0. The molecule has 2 N–H and O–H groups in total. The molecule has 1 aromatic rings. The highest BCUT2D eigenvalue weighted by atomic mass is 35.5. The molecule has 0 saturated heterocycles. The maximum Gasteiger partial charge on any atom is 0.270 e. The first-order chi connectivity index (χ1) is 7.50. The minimum absolute atomic E-state index is 0. The standard InChI is InChI=1S/C11H16N2O3.ClH/c1-8(2)6-12-7-9-5-10(13(15)16)3-4-11(9)14;/h3-5,8,12,14H,6-7H2,1-2H3;1H. The summed E-state index contributed by atoms with van der Waals surface area (Å²) in [5.74, 6) is 0.586. The van der Waals surface area contributed by atoms with Crippen LogP contribution in [0.15, 0.2) is 18.2 Å². The van der Waals surface area contributed by atoms with Gasteiger partial charge in [-0.1, -0.05) is 13.8 Å². The second-order valence-corrected chi connectivity index (χ2v) is 4.09. The molecule has 1 aromatic carbocycles. The van der Waals surface area contributed by atoms with Crippen molar-refractivity contribution in [2.45, 2.75) is 20.4 Å². The number of aromatic hydroxyl groups is 1. The van der Waals surface area contributed by atoms with E-state index in [4.69, 9.17) is 0 Å². The molecule has 0 radical (unpaired) electrons. The Morgan fingerprint density at radius 2 is 2.12 bits per heavy atom. The summed E-state index contributed by atoms with van der Waals surface area (Å²) in [7, 11) is 0. The average molecular weight is 261 g/mol. The first-order valence-corrected chi connectivity index (χ1v) is 5.17. The van der Waals surface area contributed by atoms with Gasteiger partial charge in [0.05, 0.1) is 4.92 Å². The van der Waals surface area contributed by atoms with E-state index in [1.54, 1.807) is 0 Å². The summed E-state index contributed by atoms with van der Waals surface area (Å²) in [6, 6.07) is 4.04. The summed E-state index contributed by atoms with van der Waals surface area (Å²) in [4.78, 5) is 10.1. The third-order valence-electron chi connectivity index (χ3n) is 2.14. The van der Waals surface area contributed by atoms with Crippen molar-refractivity contribution in [1.82, 2.24) is 5.32 Å². The third kappa shape index (κ3) is 5.01. The van der Waals surface area contributed by atoms with Crippen molar-refractivity contribution in [3.05, 3.63) is 33.9 Å². The molecule has 1 rings (SSSR count). The van der Waals surface area contributed by atoms with Gasteiger partial charge in [-0.3, -0.25) is 10.1 Å². The molecule has 0 atom stereocenters. The normalized spacial score (nSPS) is 10.1. The van der Waals surface area contributed by atoms with Crippen molar-refractivity contribution in [2.24, 2.45) is 5.92 Å². The van der Waals surface area contributed by atoms with E-state index in [2.05, 4.69) is 19.2 Å². The third-order valence-corrected chi connectivity index (χ3v) is 2.14. The molecule has 96 valence electrons. The van der Waals surface area contributed by atoms with Gasteiger partial charge in [-0.25, -0.2) is 0 Å². The van der Waals surface area contributed by atoms with Crippen LogP contribution in [0.4, 0.5) is 5.69 Å². The van der Waals surface area contributed by atoms with Gasteiger partial charge in [0.1, 0.15) is 5.75 Å². The molecular weight excluding hydrogens is 244 g/mol. The van der Waals surface area contributed by atoms with Gasteiger partial charge in [0.15, 0.2) is 0 Å². The Bertz CT molecular complexity index is 383. The molecule has 5 nitrogen and oxygen atoms in total. The summed E-state index contributed by atoms with van der Waals surface area (Å²) >= 11 is 0. The van der Waals surface area contributed by atoms with Crippen molar-refractivity contribution in [3.8, 4) is 5.75 Å². The number of nitro groups is 1. The predicted octanol–water partition coefficient (Wildman–Crippen LogP) is 2.47. The van der Waals surface area contributed by atoms with Gasteiger partial charge in [0, 0.05) is 24.2 Å². The Morgan fingerprint density at radius 3 is 2.65 bits per heavy atom. The van der Waals surface area contributed by atoms with E-state index in [0.29, 0.717) is 18.0 Å². The molecule has 0 saturated carbocycles. The van der Waals surface area contributed by atoms with E-state index in [1.165, 1.54) is 18.2 Å². The number of phenolic OH excluding ortho intramolecular Hbond substituents is 1. The van der Waals surface area contributed by atoms with Crippen LogP contribution in [0.25, 0.3) is 0 Å². The highest BCUT2D eigenvalue weighted by Crippen LogP contribution is 2.22.